The molecule has 4 heterocycles. The van der Waals surface area contributed by atoms with Gasteiger partial charge in [-0.25, -0.2) is 9.50 Å². The molecule has 0 bridgehead atoms. The van der Waals surface area contributed by atoms with Crippen molar-refractivity contribution in [3.8, 4) is 22.8 Å². The molecule has 1 aromatic carbocycles. The van der Waals surface area contributed by atoms with Gasteiger partial charge in [-0.05, 0) is 18.2 Å². The number of amides is 1. The monoisotopic (exact) mass is 382 g/mol. The molecule has 0 unspecified atom stereocenters. The molecule has 9 nitrogen and oxygen atoms in total. The first-order valence-electron chi connectivity index (χ1n) is 9.09. The van der Waals surface area contributed by atoms with E-state index in [-0.39, 0.29) is 11.5 Å². The van der Waals surface area contributed by atoms with Crippen molar-refractivity contribution in [1.29, 1.82) is 0 Å². The van der Waals surface area contributed by atoms with Crippen molar-refractivity contribution in [3.05, 3.63) is 46.4 Å². The largest absolute Gasteiger partial charge is 0.486 e. The van der Waals surface area contributed by atoms with E-state index in [1.807, 2.05) is 6.07 Å². The average molecular weight is 382 g/mol. The van der Waals surface area contributed by atoms with Crippen LogP contribution in [0.3, 0.4) is 0 Å². The van der Waals surface area contributed by atoms with Crippen LogP contribution in [-0.2, 0) is 4.74 Å². The topological polar surface area (TPSA) is 98.2 Å². The van der Waals surface area contributed by atoms with Crippen LogP contribution in [0.25, 0.3) is 16.9 Å². The Morgan fingerprint density at radius 3 is 2.64 bits per heavy atom. The Morgan fingerprint density at radius 2 is 1.82 bits per heavy atom. The highest BCUT2D eigenvalue weighted by Crippen LogP contribution is 2.33. The molecule has 1 fully saturated rings. The number of H-pyrrole nitrogens is 1. The predicted molar refractivity (Wildman–Crippen MR) is 99.0 cm³/mol. The third kappa shape index (κ3) is 2.80. The van der Waals surface area contributed by atoms with Crippen LogP contribution in [0.5, 0.6) is 11.5 Å². The Labute approximate surface area is 159 Å². The van der Waals surface area contributed by atoms with Crippen molar-refractivity contribution < 1.29 is 19.0 Å². The molecule has 3 aromatic rings. The van der Waals surface area contributed by atoms with Crippen LogP contribution in [0.4, 0.5) is 0 Å². The SMILES string of the molecule is O=C(c1c[nH]n2c(=O)cc(-c3ccc4c(c3)OCCO4)nc12)N1CCOCC1. The van der Waals surface area contributed by atoms with Gasteiger partial charge in [-0.2, -0.15) is 0 Å². The van der Waals surface area contributed by atoms with Gasteiger partial charge in [0.15, 0.2) is 17.1 Å². The highest BCUT2D eigenvalue weighted by atomic mass is 16.6. The van der Waals surface area contributed by atoms with E-state index in [9.17, 15) is 9.59 Å². The van der Waals surface area contributed by atoms with Crippen LogP contribution in [0.2, 0.25) is 0 Å². The number of morpholine rings is 1. The molecule has 1 saturated heterocycles. The molecule has 2 aliphatic rings. The summed E-state index contributed by atoms with van der Waals surface area (Å²) in [5.74, 6) is 1.11. The number of carbonyl (C=O) groups is 1. The standard InChI is InChI=1S/C19H18N4O5/c24-17-10-14(12-1-2-15-16(9-12)28-8-7-27-15)21-18-13(11-20-23(17)18)19(25)22-3-5-26-6-4-22/h1-2,9-11,20H,3-8H2. The molecule has 2 aliphatic heterocycles. The fourth-order valence-corrected chi connectivity index (χ4v) is 3.43. The second-order valence-electron chi connectivity index (χ2n) is 6.59. The number of nitrogens with zero attached hydrogens (tertiary/aromatic N) is 3. The van der Waals surface area contributed by atoms with E-state index in [1.54, 1.807) is 17.0 Å². The lowest BCUT2D eigenvalue weighted by molar-refractivity contribution is 0.0304. The number of ether oxygens (including phenoxy) is 3. The highest BCUT2D eigenvalue weighted by molar-refractivity contribution is 5.99. The minimum atomic E-state index is -0.295. The van der Waals surface area contributed by atoms with Crippen molar-refractivity contribution in [2.75, 3.05) is 39.5 Å². The van der Waals surface area contributed by atoms with Gasteiger partial charge in [-0.3, -0.25) is 14.7 Å². The maximum absolute atomic E-state index is 12.9. The fourth-order valence-electron chi connectivity index (χ4n) is 3.43. The number of hydrogen-bond acceptors (Lipinski definition) is 6. The quantitative estimate of drug-likeness (QED) is 0.708. The molecular formula is C19H18N4O5. The first-order valence-corrected chi connectivity index (χ1v) is 9.09. The molecule has 1 amide bonds. The van der Waals surface area contributed by atoms with Crippen molar-refractivity contribution in [2.24, 2.45) is 0 Å². The number of fused-ring (bicyclic) bond motifs is 2. The number of benzene rings is 1. The Hall–Kier alpha value is -3.33. The summed E-state index contributed by atoms with van der Waals surface area (Å²) >= 11 is 0. The number of aromatic amines is 1. The second kappa shape index (κ2) is 6.68. The Bertz CT molecular complexity index is 1110. The van der Waals surface area contributed by atoms with Crippen LogP contribution in [0.15, 0.2) is 35.3 Å². The van der Waals surface area contributed by atoms with Gasteiger partial charge in [0.25, 0.3) is 11.5 Å². The zero-order valence-corrected chi connectivity index (χ0v) is 15.0. The van der Waals surface area contributed by atoms with Crippen LogP contribution in [0.1, 0.15) is 10.4 Å². The third-order valence-electron chi connectivity index (χ3n) is 4.86. The van der Waals surface area contributed by atoms with Crippen molar-refractivity contribution in [3.63, 3.8) is 0 Å². The molecule has 9 heteroatoms. The normalized spacial score (nSPS) is 16.4. The van der Waals surface area contributed by atoms with Gasteiger partial charge >= 0.3 is 0 Å². The van der Waals surface area contributed by atoms with Crippen molar-refractivity contribution >= 4 is 11.6 Å². The summed E-state index contributed by atoms with van der Waals surface area (Å²) in [4.78, 5) is 31.7. The molecule has 0 saturated carbocycles. The molecule has 0 radical (unpaired) electrons. The van der Waals surface area contributed by atoms with Gasteiger partial charge in [0, 0.05) is 30.9 Å². The van der Waals surface area contributed by atoms with E-state index < -0.39 is 0 Å². The molecular weight excluding hydrogens is 364 g/mol. The van der Waals surface area contributed by atoms with Crippen LogP contribution in [0, 0.1) is 0 Å². The Kier molecular flexibility index (Phi) is 4.01. The third-order valence-corrected chi connectivity index (χ3v) is 4.86. The minimum Gasteiger partial charge on any atom is -0.486 e. The van der Waals surface area contributed by atoms with Crippen LogP contribution in [-0.4, -0.2) is 64.9 Å². The summed E-state index contributed by atoms with van der Waals surface area (Å²) in [5, 5.41) is 2.82. The van der Waals surface area contributed by atoms with E-state index in [4.69, 9.17) is 14.2 Å². The van der Waals surface area contributed by atoms with E-state index in [0.717, 1.165) is 5.56 Å². The second-order valence-corrected chi connectivity index (χ2v) is 6.59. The lowest BCUT2D eigenvalue weighted by atomic mass is 10.1. The van der Waals surface area contributed by atoms with E-state index in [2.05, 4.69) is 10.1 Å². The molecule has 5 rings (SSSR count). The van der Waals surface area contributed by atoms with Gasteiger partial charge in [0.2, 0.25) is 0 Å². The highest BCUT2D eigenvalue weighted by Gasteiger charge is 2.23. The molecule has 2 aromatic heterocycles. The van der Waals surface area contributed by atoms with E-state index >= 15 is 0 Å². The molecule has 0 atom stereocenters. The summed E-state index contributed by atoms with van der Waals surface area (Å²) in [6, 6.07) is 6.84. The summed E-state index contributed by atoms with van der Waals surface area (Å²) in [5.41, 5.74) is 1.55. The zero-order chi connectivity index (χ0) is 19.1. The Morgan fingerprint density at radius 1 is 1.04 bits per heavy atom. The average Bonchev–Trinajstić information content (AvgIpc) is 3.18. The summed E-state index contributed by atoms with van der Waals surface area (Å²) in [6.45, 7) is 3.02. The molecule has 0 spiro atoms. The maximum Gasteiger partial charge on any atom is 0.273 e. The number of aromatic nitrogens is 3. The number of carbonyl (C=O) groups excluding carboxylic acids is 1. The van der Waals surface area contributed by atoms with Gasteiger partial charge < -0.3 is 19.1 Å². The molecule has 144 valence electrons. The smallest absolute Gasteiger partial charge is 0.273 e. The van der Waals surface area contributed by atoms with Crippen LogP contribution >= 0.6 is 0 Å². The molecule has 1 N–H and O–H groups in total. The number of nitrogens with one attached hydrogen (secondary N) is 1. The van der Waals surface area contributed by atoms with Gasteiger partial charge in [-0.1, -0.05) is 0 Å². The first-order chi connectivity index (χ1) is 13.7. The van der Waals surface area contributed by atoms with Gasteiger partial charge in [-0.15, -0.1) is 0 Å². The summed E-state index contributed by atoms with van der Waals surface area (Å²) in [7, 11) is 0. The lowest BCUT2D eigenvalue weighted by Gasteiger charge is -2.26. The van der Waals surface area contributed by atoms with Gasteiger partial charge in [0.05, 0.1) is 18.9 Å². The van der Waals surface area contributed by atoms with E-state index in [1.165, 1.54) is 16.8 Å². The minimum absolute atomic E-state index is 0.173. The van der Waals surface area contributed by atoms with E-state index in [0.29, 0.717) is 67.9 Å². The van der Waals surface area contributed by atoms with Crippen molar-refractivity contribution in [1.82, 2.24) is 19.5 Å². The number of hydrogen-bond donors (Lipinski definition) is 1. The molecule has 28 heavy (non-hydrogen) atoms. The van der Waals surface area contributed by atoms with Crippen molar-refractivity contribution in [2.45, 2.75) is 0 Å². The first kappa shape index (κ1) is 16.8. The molecule has 0 aliphatic carbocycles. The fraction of sp³-hybridized carbons (Fsp3) is 0.316. The Balaban J connectivity index is 1.58. The summed E-state index contributed by atoms with van der Waals surface area (Å²) in [6.07, 6.45) is 1.52. The van der Waals surface area contributed by atoms with Crippen LogP contribution < -0.4 is 15.0 Å². The predicted octanol–water partition coefficient (Wildman–Crippen LogP) is 0.933. The maximum atomic E-state index is 12.9. The zero-order valence-electron chi connectivity index (χ0n) is 15.0. The lowest BCUT2D eigenvalue weighted by Crippen LogP contribution is -2.40. The number of rotatable bonds is 2. The summed E-state index contributed by atoms with van der Waals surface area (Å²) < 4.78 is 17.7. The van der Waals surface area contributed by atoms with Gasteiger partial charge in [0.1, 0.15) is 18.8 Å².